The lowest BCUT2D eigenvalue weighted by Gasteiger charge is -2.59. The van der Waals surface area contributed by atoms with Crippen molar-refractivity contribution in [1.82, 2.24) is 0 Å². The molecule has 4 aliphatic rings. The number of rotatable bonds is 7. The maximum Gasteiger partial charge on any atom is 0.338 e. The summed E-state index contributed by atoms with van der Waals surface area (Å²) in [6, 6.07) is 9.48. The summed E-state index contributed by atoms with van der Waals surface area (Å²) in [7, 11) is 0. The van der Waals surface area contributed by atoms with Gasteiger partial charge in [-0.15, -0.1) is 0 Å². The van der Waals surface area contributed by atoms with Crippen molar-refractivity contribution in [3.63, 3.8) is 0 Å². The highest BCUT2D eigenvalue weighted by atomic mass is 16.5. The average Bonchev–Trinajstić information content (AvgIpc) is 3.22. The quantitative estimate of drug-likeness (QED) is 0.299. The molecule has 0 spiro atoms. The second kappa shape index (κ2) is 10.5. The minimum absolute atomic E-state index is 0.127. The Labute approximate surface area is 225 Å². The molecular formula is C34H50O3. The molecule has 37 heavy (non-hydrogen) atoms. The predicted molar refractivity (Wildman–Crippen MR) is 150 cm³/mol. The first-order valence-corrected chi connectivity index (χ1v) is 15.3. The van der Waals surface area contributed by atoms with Gasteiger partial charge in [-0.3, -0.25) is 0 Å². The highest BCUT2D eigenvalue weighted by molar-refractivity contribution is 5.89. The lowest BCUT2D eigenvalue weighted by Crippen LogP contribution is -2.55. The van der Waals surface area contributed by atoms with Gasteiger partial charge in [0.15, 0.2) is 0 Å². The van der Waals surface area contributed by atoms with Crippen LogP contribution in [0.5, 0.6) is 0 Å². The van der Waals surface area contributed by atoms with E-state index in [1.54, 1.807) is 0 Å². The standard InChI is InChI=1S/C34H50O3/c1-22(2)10-9-11-23(3)27-14-15-28-31-29(17-19-34(27,28)5)33(4)18-16-26(35)20-25(33)21-30(31)37-32(36)24-12-7-6-8-13-24/h6-8,12-13,21-23,26-31,35H,9-11,14-20H2,1-5H3/t23-,26+,27-,28+,29+,30-,31+,33+,34-/m1/s1. The largest absolute Gasteiger partial charge is 0.454 e. The summed E-state index contributed by atoms with van der Waals surface area (Å²) in [4.78, 5) is 13.3. The average molecular weight is 507 g/mol. The number of aliphatic hydroxyl groups is 1. The van der Waals surface area contributed by atoms with Crippen molar-refractivity contribution < 1.29 is 14.6 Å². The highest BCUT2D eigenvalue weighted by Crippen LogP contribution is 2.67. The summed E-state index contributed by atoms with van der Waals surface area (Å²) in [6.45, 7) is 12.2. The lowest BCUT2D eigenvalue weighted by atomic mass is 9.46. The molecule has 3 fully saturated rings. The minimum atomic E-state index is -0.266. The Hall–Kier alpha value is -1.61. The Morgan fingerprint density at radius 1 is 1.00 bits per heavy atom. The van der Waals surface area contributed by atoms with Crippen LogP contribution in [-0.4, -0.2) is 23.3 Å². The van der Waals surface area contributed by atoms with E-state index in [0.29, 0.717) is 28.7 Å². The van der Waals surface area contributed by atoms with Crippen LogP contribution in [0, 0.1) is 46.3 Å². The molecule has 3 heteroatoms. The Bertz CT molecular complexity index is 982. The van der Waals surface area contributed by atoms with E-state index in [9.17, 15) is 9.90 Å². The SMILES string of the molecule is CC(C)CCC[C@@H](C)[C@H]1CC[C@H]2[C@@H]3[C@H](OC(=O)c4ccccc4)C=C4C[C@@H](O)CC[C@]4(C)[C@H]3CC[C@]12C. The van der Waals surface area contributed by atoms with Gasteiger partial charge in [-0.1, -0.05) is 77.7 Å². The zero-order valence-corrected chi connectivity index (χ0v) is 23.9. The summed E-state index contributed by atoms with van der Waals surface area (Å²) in [5.74, 6) is 3.61. The van der Waals surface area contributed by atoms with Crippen molar-refractivity contribution in [2.24, 2.45) is 46.3 Å². The highest BCUT2D eigenvalue weighted by Gasteiger charge is 2.62. The summed E-state index contributed by atoms with van der Waals surface area (Å²) < 4.78 is 6.42. The number of fused-ring (bicyclic) bond motifs is 5. The number of hydrogen-bond donors (Lipinski definition) is 1. The van der Waals surface area contributed by atoms with Crippen LogP contribution in [0.4, 0.5) is 0 Å². The van der Waals surface area contributed by atoms with Crippen molar-refractivity contribution in [2.45, 2.75) is 111 Å². The van der Waals surface area contributed by atoms with E-state index in [2.05, 4.69) is 40.7 Å². The van der Waals surface area contributed by atoms with Crippen LogP contribution >= 0.6 is 0 Å². The van der Waals surface area contributed by atoms with Crippen LogP contribution in [-0.2, 0) is 4.74 Å². The van der Waals surface area contributed by atoms with Gasteiger partial charge in [0, 0.05) is 5.92 Å². The van der Waals surface area contributed by atoms with E-state index in [1.807, 2.05) is 30.3 Å². The van der Waals surface area contributed by atoms with Crippen LogP contribution in [0.1, 0.15) is 109 Å². The molecular weight excluding hydrogens is 456 g/mol. The molecule has 0 amide bonds. The maximum atomic E-state index is 13.3. The van der Waals surface area contributed by atoms with Gasteiger partial charge in [0.2, 0.25) is 0 Å². The molecule has 0 saturated heterocycles. The third-order valence-electron chi connectivity index (χ3n) is 11.5. The van der Waals surface area contributed by atoms with Crippen molar-refractivity contribution in [3.05, 3.63) is 47.5 Å². The second-order valence-electron chi connectivity index (χ2n) is 14.1. The summed E-state index contributed by atoms with van der Waals surface area (Å²) in [5.41, 5.74) is 2.43. The summed E-state index contributed by atoms with van der Waals surface area (Å²) in [6.07, 6.45) is 13.6. The molecule has 1 aromatic rings. The third-order valence-corrected chi connectivity index (χ3v) is 11.5. The van der Waals surface area contributed by atoms with Gasteiger partial charge in [0.25, 0.3) is 0 Å². The lowest BCUT2D eigenvalue weighted by molar-refractivity contribution is -0.101. The fourth-order valence-electron chi connectivity index (χ4n) is 9.51. The second-order valence-corrected chi connectivity index (χ2v) is 14.1. The monoisotopic (exact) mass is 506 g/mol. The third kappa shape index (κ3) is 4.95. The molecule has 0 bridgehead atoms. The van der Waals surface area contributed by atoms with E-state index in [4.69, 9.17) is 4.74 Å². The van der Waals surface area contributed by atoms with E-state index >= 15 is 0 Å². The maximum absolute atomic E-state index is 13.3. The topological polar surface area (TPSA) is 46.5 Å². The van der Waals surface area contributed by atoms with Gasteiger partial charge in [-0.05, 0) is 104 Å². The first-order chi connectivity index (χ1) is 17.6. The van der Waals surface area contributed by atoms with E-state index in [-0.39, 0.29) is 23.6 Å². The molecule has 204 valence electrons. The molecule has 1 N–H and O–H groups in total. The molecule has 0 aromatic heterocycles. The van der Waals surface area contributed by atoms with E-state index < -0.39 is 0 Å². The number of carbonyl (C=O) groups is 1. The van der Waals surface area contributed by atoms with Crippen molar-refractivity contribution in [2.75, 3.05) is 0 Å². The first kappa shape index (κ1) is 27.0. The molecule has 0 unspecified atom stereocenters. The summed E-state index contributed by atoms with van der Waals surface area (Å²) in [5, 5.41) is 10.5. The molecule has 3 nitrogen and oxygen atoms in total. The number of ether oxygens (including phenoxy) is 1. The normalized spacial score (nSPS) is 39.8. The predicted octanol–water partition coefficient (Wildman–Crippen LogP) is 8.22. The van der Waals surface area contributed by atoms with Crippen LogP contribution in [0.3, 0.4) is 0 Å². The van der Waals surface area contributed by atoms with Gasteiger partial charge in [0.1, 0.15) is 6.10 Å². The van der Waals surface area contributed by atoms with Gasteiger partial charge in [-0.2, -0.15) is 0 Å². The number of esters is 1. The molecule has 0 heterocycles. The Balaban J connectivity index is 1.44. The van der Waals surface area contributed by atoms with E-state index in [1.165, 1.54) is 50.5 Å². The molecule has 9 atom stereocenters. The van der Waals surface area contributed by atoms with Crippen LogP contribution in [0.25, 0.3) is 0 Å². The molecule has 5 rings (SSSR count). The fraction of sp³-hybridized carbons (Fsp3) is 0.735. The Morgan fingerprint density at radius 3 is 2.49 bits per heavy atom. The summed E-state index contributed by atoms with van der Waals surface area (Å²) >= 11 is 0. The van der Waals surface area contributed by atoms with Crippen molar-refractivity contribution in [3.8, 4) is 0 Å². The van der Waals surface area contributed by atoms with Crippen molar-refractivity contribution >= 4 is 5.97 Å². The Morgan fingerprint density at radius 2 is 1.76 bits per heavy atom. The van der Waals surface area contributed by atoms with Crippen LogP contribution in [0.15, 0.2) is 42.0 Å². The number of hydrogen-bond acceptors (Lipinski definition) is 3. The van der Waals surface area contributed by atoms with E-state index in [0.717, 1.165) is 37.0 Å². The van der Waals surface area contributed by atoms with Crippen LogP contribution in [0.2, 0.25) is 0 Å². The zero-order valence-electron chi connectivity index (χ0n) is 23.9. The zero-order chi connectivity index (χ0) is 26.4. The van der Waals surface area contributed by atoms with Gasteiger partial charge >= 0.3 is 5.97 Å². The molecule has 1 aromatic carbocycles. The number of aliphatic hydroxyl groups excluding tert-OH is 1. The van der Waals surface area contributed by atoms with Crippen LogP contribution < -0.4 is 0 Å². The minimum Gasteiger partial charge on any atom is -0.454 e. The van der Waals surface area contributed by atoms with Gasteiger partial charge in [0.05, 0.1) is 11.7 Å². The smallest absolute Gasteiger partial charge is 0.338 e. The molecule has 0 radical (unpaired) electrons. The number of benzene rings is 1. The molecule has 4 aliphatic carbocycles. The van der Waals surface area contributed by atoms with Gasteiger partial charge < -0.3 is 9.84 Å². The van der Waals surface area contributed by atoms with Crippen molar-refractivity contribution in [1.29, 1.82) is 0 Å². The molecule has 3 saturated carbocycles. The Kier molecular flexibility index (Phi) is 7.66. The fourth-order valence-corrected chi connectivity index (χ4v) is 9.51. The number of carbonyl (C=O) groups excluding carboxylic acids is 1. The van der Waals surface area contributed by atoms with Gasteiger partial charge in [-0.25, -0.2) is 4.79 Å². The molecule has 0 aliphatic heterocycles. The first-order valence-electron chi connectivity index (χ1n) is 15.3.